The summed E-state index contributed by atoms with van der Waals surface area (Å²) in [5.74, 6) is 1.38. The van der Waals surface area contributed by atoms with Crippen molar-refractivity contribution >= 4 is 29.0 Å². The van der Waals surface area contributed by atoms with Gasteiger partial charge in [0.05, 0.1) is 31.1 Å². The van der Waals surface area contributed by atoms with Gasteiger partial charge in [-0.15, -0.1) is 10.2 Å². The maximum absolute atomic E-state index is 13.0. The highest BCUT2D eigenvalue weighted by molar-refractivity contribution is 7.98. The molecule has 9 heteroatoms. The van der Waals surface area contributed by atoms with Crippen molar-refractivity contribution in [2.45, 2.75) is 43.8 Å². The van der Waals surface area contributed by atoms with Crippen LogP contribution in [0.4, 0.5) is 11.4 Å². The van der Waals surface area contributed by atoms with E-state index < -0.39 is 0 Å². The molecule has 1 aromatic carbocycles. The molecular weight excluding hydrogens is 424 g/mol. The number of anilines is 2. The quantitative estimate of drug-likeness (QED) is 0.639. The predicted octanol–water partition coefficient (Wildman–Crippen LogP) is 3.24. The molecular formula is C23H34N6O2S. The maximum Gasteiger partial charge on any atom is 0.238 e. The molecule has 2 fully saturated rings. The second-order valence-electron chi connectivity index (χ2n) is 8.75. The highest BCUT2D eigenvalue weighted by atomic mass is 32.2. The molecule has 2 aliphatic rings. The Bertz CT molecular complexity index is 912. The Labute approximate surface area is 194 Å². The second-order valence-corrected chi connectivity index (χ2v) is 9.52. The van der Waals surface area contributed by atoms with Gasteiger partial charge >= 0.3 is 0 Å². The van der Waals surface area contributed by atoms with Crippen LogP contribution >= 0.6 is 11.8 Å². The number of amides is 1. The zero-order valence-corrected chi connectivity index (χ0v) is 20.1. The van der Waals surface area contributed by atoms with Gasteiger partial charge in [0.25, 0.3) is 0 Å². The number of nitrogens with zero attached hydrogens (tertiary/aromatic N) is 5. The summed E-state index contributed by atoms with van der Waals surface area (Å²) in [7, 11) is 0. The smallest absolute Gasteiger partial charge is 0.238 e. The topological polar surface area (TPSA) is 75.5 Å². The first kappa shape index (κ1) is 23.1. The summed E-state index contributed by atoms with van der Waals surface area (Å²) in [5.41, 5.74) is 1.94. The minimum atomic E-state index is 0.0292. The normalized spacial score (nSPS) is 20.0. The number of aromatic nitrogens is 3. The predicted molar refractivity (Wildman–Crippen MR) is 129 cm³/mol. The van der Waals surface area contributed by atoms with E-state index in [1.807, 2.05) is 24.5 Å². The SMILES string of the molecule is CSc1nnc([C@@H]2CCCN(CC(=O)Nc3ccccc3N3CCOCC3)C2)n1C(C)C. The van der Waals surface area contributed by atoms with Crippen molar-refractivity contribution in [1.82, 2.24) is 19.7 Å². The standard InChI is InChI=1S/C23H34N6O2S/c1-17(2)29-22(25-26-23(29)32-3)18-7-6-10-27(15-18)16-21(30)24-19-8-4-5-9-20(19)28-11-13-31-14-12-28/h4-5,8-9,17-18H,6-7,10-16H2,1-3H3,(H,24,30)/t18-/m1/s1. The number of nitrogens with one attached hydrogen (secondary N) is 1. The molecule has 0 spiro atoms. The lowest BCUT2D eigenvalue weighted by molar-refractivity contribution is -0.117. The molecule has 0 saturated carbocycles. The van der Waals surface area contributed by atoms with Crippen LogP contribution in [0.1, 0.15) is 44.5 Å². The van der Waals surface area contributed by atoms with Crippen molar-refractivity contribution in [3.05, 3.63) is 30.1 Å². The molecule has 2 saturated heterocycles. The van der Waals surface area contributed by atoms with E-state index in [-0.39, 0.29) is 5.91 Å². The van der Waals surface area contributed by atoms with Crippen LogP contribution in [0, 0.1) is 0 Å². The highest BCUT2D eigenvalue weighted by Gasteiger charge is 2.28. The van der Waals surface area contributed by atoms with Crippen LogP contribution in [0.3, 0.4) is 0 Å². The van der Waals surface area contributed by atoms with E-state index in [0.29, 0.717) is 18.5 Å². The summed E-state index contributed by atoms with van der Waals surface area (Å²) in [6, 6.07) is 8.36. The molecule has 0 bridgehead atoms. The van der Waals surface area contributed by atoms with Crippen LogP contribution in [0.25, 0.3) is 0 Å². The number of likely N-dealkylation sites (tertiary alicyclic amines) is 1. The average molecular weight is 459 g/mol. The Morgan fingerprint density at radius 3 is 2.75 bits per heavy atom. The lowest BCUT2D eigenvalue weighted by Gasteiger charge is -2.33. The lowest BCUT2D eigenvalue weighted by Crippen LogP contribution is -2.41. The molecule has 174 valence electrons. The van der Waals surface area contributed by atoms with Crippen molar-refractivity contribution in [3.8, 4) is 0 Å². The number of carbonyl (C=O) groups excluding carboxylic acids is 1. The van der Waals surface area contributed by atoms with Crippen LogP contribution in [0.5, 0.6) is 0 Å². The molecule has 3 heterocycles. The number of hydrogen-bond donors (Lipinski definition) is 1. The van der Waals surface area contributed by atoms with Gasteiger partial charge in [0.2, 0.25) is 5.91 Å². The van der Waals surface area contributed by atoms with Gasteiger partial charge in [-0.25, -0.2) is 0 Å². The Balaban J connectivity index is 1.40. The lowest BCUT2D eigenvalue weighted by atomic mass is 9.97. The fourth-order valence-electron chi connectivity index (χ4n) is 4.65. The number of rotatable bonds is 7. The first-order chi connectivity index (χ1) is 15.6. The Morgan fingerprint density at radius 2 is 2.00 bits per heavy atom. The number of piperidine rings is 1. The van der Waals surface area contributed by atoms with Crippen molar-refractivity contribution < 1.29 is 9.53 Å². The van der Waals surface area contributed by atoms with Gasteiger partial charge in [-0.1, -0.05) is 23.9 Å². The number of thioether (sulfide) groups is 1. The molecule has 1 atom stereocenters. The summed E-state index contributed by atoms with van der Waals surface area (Å²) in [6.07, 6.45) is 4.18. The number of ether oxygens (including phenoxy) is 1. The summed E-state index contributed by atoms with van der Waals surface area (Å²) in [4.78, 5) is 17.5. The molecule has 32 heavy (non-hydrogen) atoms. The first-order valence-corrected chi connectivity index (χ1v) is 12.7. The molecule has 0 radical (unpaired) electrons. The van der Waals surface area contributed by atoms with E-state index in [9.17, 15) is 4.79 Å². The zero-order chi connectivity index (χ0) is 22.5. The Kier molecular flexibility index (Phi) is 7.70. The van der Waals surface area contributed by atoms with E-state index >= 15 is 0 Å². The third kappa shape index (κ3) is 5.27. The van der Waals surface area contributed by atoms with Crippen molar-refractivity contribution in [1.29, 1.82) is 0 Å². The van der Waals surface area contributed by atoms with E-state index in [4.69, 9.17) is 4.74 Å². The zero-order valence-electron chi connectivity index (χ0n) is 19.3. The Hall–Kier alpha value is -2.10. The molecule has 2 aliphatic heterocycles. The fraction of sp³-hybridized carbons (Fsp3) is 0.609. The summed E-state index contributed by atoms with van der Waals surface area (Å²) < 4.78 is 7.72. The second kappa shape index (κ2) is 10.7. The Morgan fingerprint density at radius 1 is 1.22 bits per heavy atom. The van der Waals surface area contributed by atoms with Crippen LogP contribution < -0.4 is 10.2 Å². The molecule has 1 N–H and O–H groups in total. The van der Waals surface area contributed by atoms with Crippen molar-refractivity contribution in [3.63, 3.8) is 0 Å². The summed E-state index contributed by atoms with van der Waals surface area (Å²) in [5, 5.41) is 13.0. The average Bonchev–Trinajstić information content (AvgIpc) is 3.25. The van der Waals surface area contributed by atoms with E-state index in [0.717, 1.165) is 74.6 Å². The summed E-state index contributed by atoms with van der Waals surface area (Å²) >= 11 is 1.63. The van der Waals surface area contributed by atoms with Crippen molar-refractivity contribution in [2.24, 2.45) is 0 Å². The van der Waals surface area contributed by atoms with Crippen LogP contribution in [-0.4, -0.2) is 77.8 Å². The van der Waals surface area contributed by atoms with E-state index in [1.165, 1.54) is 0 Å². The van der Waals surface area contributed by atoms with Crippen LogP contribution in [-0.2, 0) is 9.53 Å². The third-order valence-corrected chi connectivity index (χ3v) is 6.80. The van der Waals surface area contributed by atoms with Gasteiger partial charge in [0, 0.05) is 31.6 Å². The van der Waals surface area contributed by atoms with E-state index in [2.05, 4.69) is 49.8 Å². The van der Waals surface area contributed by atoms with Gasteiger partial charge in [-0.3, -0.25) is 9.69 Å². The number of para-hydroxylation sites is 2. The van der Waals surface area contributed by atoms with Gasteiger partial charge in [-0.2, -0.15) is 0 Å². The number of benzene rings is 1. The first-order valence-electron chi connectivity index (χ1n) is 11.5. The fourth-order valence-corrected chi connectivity index (χ4v) is 5.28. The molecule has 0 aliphatic carbocycles. The summed E-state index contributed by atoms with van der Waals surface area (Å²) in [6.45, 7) is 9.62. The van der Waals surface area contributed by atoms with Gasteiger partial charge in [0.1, 0.15) is 5.82 Å². The van der Waals surface area contributed by atoms with Gasteiger partial charge in [-0.05, 0) is 51.6 Å². The molecule has 1 amide bonds. The number of carbonyl (C=O) groups is 1. The highest BCUT2D eigenvalue weighted by Crippen LogP contribution is 2.31. The minimum absolute atomic E-state index is 0.0292. The molecule has 4 rings (SSSR count). The van der Waals surface area contributed by atoms with Crippen LogP contribution in [0.2, 0.25) is 0 Å². The number of hydrogen-bond acceptors (Lipinski definition) is 7. The monoisotopic (exact) mass is 458 g/mol. The molecule has 2 aromatic rings. The molecule has 1 aromatic heterocycles. The van der Waals surface area contributed by atoms with E-state index in [1.54, 1.807) is 11.8 Å². The number of morpholine rings is 1. The largest absolute Gasteiger partial charge is 0.378 e. The van der Waals surface area contributed by atoms with Gasteiger partial charge in [0.15, 0.2) is 5.16 Å². The third-order valence-electron chi connectivity index (χ3n) is 6.16. The van der Waals surface area contributed by atoms with Gasteiger partial charge < -0.3 is 19.5 Å². The molecule has 0 unspecified atom stereocenters. The molecule has 8 nitrogen and oxygen atoms in total. The maximum atomic E-state index is 13.0. The minimum Gasteiger partial charge on any atom is -0.378 e. The van der Waals surface area contributed by atoms with Crippen molar-refractivity contribution in [2.75, 3.05) is 62.4 Å². The van der Waals surface area contributed by atoms with Crippen LogP contribution in [0.15, 0.2) is 29.4 Å².